The summed E-state index contributed by atoms with van der Waals surface area (Å²) in [5, 5.41) is 3.47. The van der Waals surface area contributed by atoms with Crippen LogP contribution >= 0.6 is 11.6 Å². The first-order chi connectivity index (χ1) is 13.2. The van der Waals surface area contributed by atoms with E-state index in [0.29, 0.717) is 10.8 Å². The molecule has 0 aliphatic carbocycles. The van der Waals surface area contributed by atoms with Crippen molar-refractivity contribution in [1.29, 1.82) is 0 Å². The summed E-state index contributed by atoms with van der Waals surface area (Å²) in [5.41, 5.74) is 2.76. The Morgan fingerprint density at radius 1 is 1.22 bits per heavy atom. The number of rotatable bonds is 5. The lowest BCUT2D eigenvalue weighted by Crippen LogP contribution is -2.35. The van der Waals surface area contributed by atoms with Crippen LogP contribution in [0, 0.1) is 0 Å². The highest BCUT2D eigenvalue weighted by atomic mass is 35.5. The molecule has 27 heavy (non-hydrogen) atoms. The van der Waals surface area contributed by atoms with Gasteiger partial charge in [0.15, 0.2) is 5.15 Å². The molecule has 2 aromatic heterocycles. The second-order valence-electron chi connectivity index (χ2n) is 6.76. The molecule has 1 aliphatic heterocycles. The molecule has 0 saturated carbocycles. The highest BCUT2D eigenvalue weighted by Gasteiger charge is 2.23. The van der Waals surface area contributed by atoms with Crippen LogP contribution in [0.2, 0.25) is 5.15 Å². The van der Waals surface area contributed by atoms with E-state index in [1.165, 1.54) is 11.6 Å². The van der Waals surface area contributed by atoms with Crippen LogP contribution in [0.1, 0.15) is 17.7 Å². The summed E-state index contributed by atoms with van der Waals surface area (Å²) in [6, 6.07) is 16.3. The summed E-state index contributed by atoms with van der Waals surface area (Å²) >= 11 is 6.20. The topological polar surface area (TPSA) is 49.6 Å². The van der Waals surface area contributed by atoms with Gasteiger partial charge in [-0.05, 0) is 30.2 Å². The summed E-state index contributed by atoms with van der Waals surface area (Å²) in [4.78, 5) is 19.0. The number of amides is 1. The first kappa shape index (κ1) is 17.8. The van der Waals surface area contributed by atoms with E-state index < -0.39 is 0 Å². The van der Waals surface area contributed by atoms with E-state index >= 15 is 0 Å². The van der Waals surface area contributed by atoms with E-state index in [9.17, 15) is 4.79 Å². The summed E-state index contributed by atoms with van der Waals surface area (Å²) < 4.78 is 1.86. The molecular formula is C21H21ClN4O. The van der Waals surface area contributed by atoms with Gasteiger partial charge in [0, 0.05) is 37.9 Å². The van der Waals surface area contributed by atoms with Crippen LogP contribution in [0.15, 0.2) is 60.8 Å². The summed E-state index contributed by atoms with van der Waals surface area (Å²) in [6.45, 7) is 2.77. The van der Waals surface area contributed by atoms with Gasteiger partial charge in [0.05, 0.1) is 5.69 Å². The molecule has 0 spiro atoms. The predicted molar refractivity (Wildman–Crippen MR) is 108 cm³/mol. The number of pyridine rings is 1. The predicted octanol–water partition coefficient (Wildman–Crippen LogP) is 3.39. The van der Waals surface area contributed by atoms with Gasteiger partial charge in [0.2, 0.25) is 5.91 Å². The van der Waals surface area contributed by atoms with E-state index in [2.05, 4.69) is 39.5 Å². The number of nitrogens with zero attached hydrogens (tertiary/aromatic N) is 3. The molecule has 1 fully saturated rings. The molecule has 1 N–H and O–H groups in total. The third kappa shape index (κ3) is 4.21. The fraction of sp³-hybridized carbons (Fsp3) is 0.238. The van der Waals surface area contributed by atoms with Gasteiger partial charge in [-0.3, -0.25) is 14.1 Å². The van der Waals surface area contributed by atoms with Crippen molar-refractivity contribution in [3.05, 3.63) is 77.2 Å². The Balaban J connectivity index is 1.34. The smallest absolute Gasteiger partial charge is 0.244 e. The maximum atomic E-state index is 12.3. The molecule has 5 nitrogen and oxygen atoms in total. The number of hydrogen-bond acceptors (Lipinski definition) is 3. The molecule has 0 bridgehead atoms. The van der Waals surface area contributed by atoms with E-state index in [0.717, 1.165) is 31.7 Å². The lowest BCUT2D eigenvalue weighted by atomic mass is 10.2. The van der Waals surface area contributed by atoms with Crippen molar-refractivity contribution in [2.45, 2.75) is 19.0 Å². The molecule has 138 valence electrons. The van der Waals surface area contributed by atoms with E-state index in [1.807, 2.05) is 34.9 Å². The van der Waals surface area contributed by atoms with Gasteiger partial charge < -0.3 is 5.32 Å². The summed E-state index contributed by atoms with van der Waals surface area (Å²) in [5.74, 6) is -0.108. The van der Waals surface area contributed by atoms with Gasteiger partial charge in [-0.25, -0.2) is 4.98 Å². The van der Waals surface area contributed by atoms with Crippen molar-refractivity contribution in [2.24, 2.45) is 0 Å². The Bertz CT molecular complexity index is 967. The van der Waals surface area contributed by atoms with Gasteiger partial charge in [0.1, 0.15) is 5.65 Å². The number of benzene rings is 1. The summed E-state index contributed by atoms with van der Waals surface area (Å²) in [6.07, 6.45) is 6.09. The number of carbonyl (C=O) groups is 1. The van der Waals surface area contributed by atoms with Crippen LogP contribution < -0.4 is 5.32 Å². The van der Waals surface area contributed by atoms with Gasteiger partial charge in [-0.1, -0.05) is 48.0 Å². The number of imidazole rings is 1. The molecular weight excluding hydrogens is 360 g/mol. The van der Waals surface area contributed by atoms with Crippen molar-refractivity contribution in [1.82, 2.24) is 19.6 Å². The van der Waals surface area contributed by atoms with Crippen LogP contribution in [-0.2, 0) is 11.3 Å². The zero-order valence-electron chi connectivity index (χ0n) is 14.9. The van der Waals surface area contributed by atoms with Crippen molar-refractivity contribution in [3.63, 3.8) is 0 Å². The van der Waals surface area contributed by atoms with Crippen LogP contribution in [0.25, 0.3) is 11.7 Å². The number of hydrogen-bond donors (Lipinski definition) is 1. The highest BCUT2D eigenvalue weighted by Crippen LogP contribution is 2.19. The quantitative estimate of drug-likeness (QED) is 0.690. The molecule has 4 rings (SSSR count). The van der Waals surface area contributed by atoms with Crippen LogP contribution in [0.4, 0.5) is 0 Å². The van der Waals surface area contributed by atoms with Crippen molar-refractivity contribution < 1.29 is 4.79 Å². The Morgan fingerprint density at radius 2 is 2.04 bits per heavy atom. The molecule has 1 aliphatic rings. The zero-order chi connectivity index (χ0) is 18.6. The number of carbonyl (C=O) groups excluding carboxylic acids is 1. The minimum absolute atomic E-state index is 0.108. The largest absolute Gasteiger partial charge is 0.348 e. The average Bonchev–Trinajstić information content (AvgIpc) is 3.24. The maximum Gasteiger partial charge on any atom is 0.244 e. The number of fused-ring (bicyclic) bond motifs is 1. The van der Waals surface area contributed by atoms with Crippen LogP contribution in [-0.4, -0.2) is 39.3 Å². The van der Waals surface area contributed by atoms with Gasteiger partial charge in [0.25, 0.3) is 0 Å². The van der Waals surface area contributed by atoms with Crippen molar-refractivity contribution in [3.8, 4) is 0 Å². The number of halogens is 1. The Kier molecular flexibility index (Phi) is 5.23. The minimum Gasteiger partial charge on any atom is -0.348 e. The van der Waals surface area contributed by atoms with Crippen LogP contribution in [0.5, 0.6) is 0 Å². The lowest BCUT2D eigenvalue weighted by Gasteiger charge is -2.16. The number of aromatic nitrogens is 2. The van der Waals surface area contributed by atoms with Gasteiger partial charge in [-0.15, -0.1) is 0 Å². The Morgan fingerprint density at radius 3 is 2.89 bits per heavy atom. The SMILES string of the molecule is O=C(/C=C/c1c(Cl)nc2ccccn12)NC1CCN(Cc2ccccc2)C1. The number of nitrogens with one attached hydrogen (secondary N) is 1. The minimum atomic E-state index is -0.108. The molecule has 3 aromatic rings. The van der Waals surface area contributed by atoms with E-state index in [4.69, 9.17) is 11.6 Å². The molecule has 0 radical (unpaired) electrons. The average molecular weight is 381 g/mol. The lowest BCUT2D eigenvalue weighted by molar-refractivity contribution is -0.117. The van der Waals surface area contributed by atoms with Crippen molar-refractivity contribution >= 4 is 29.2 Å². The van der Waals surface area contributed by atoms with Crippen LogP contribution in [0.3, 0.4) is 0 Å². The third-order valence-electron chi connectivity index (χ3n) is 4.78. The molecule has 6 heteroatoms. The standard InChI is InChI=1S/C21H21ClN4O/c22-21-18(26-12-5-4-8-19(26)24-21)9-10-20(27)23-17-11-13-25(15-17)14-16-6-2-1-3-7-16/h1-10,12,17H,11,13-15H2,(H,23,27)/b10-9+. The molecule has 1 aromatic carbocycles. The summed E-state index contributed by atoms with van der Waals surface area (Å²) in [7, 11) is 0. The fourth-order valence-electron chi connectivity index (χ4n) is 3.47. The first-order valence-electron chi connectivity index (χ1n) is 9.06. The maximum absolute atomic E-state index is 12.3. The normalized spacial score (nSPS) is 17.7. The third-order valence-corrected chi connectivity index (χ3v) is 5.06. The second kappa shape index (κ2) is 7.94. The Labute approximate surface area is 163 Å². The Hall–Kier alpha value is -2.63. The van der Waals surface area contributed by atoms with Gasteiger partial charge in [-0.2, -0.15) is 0 Å². The molecule has 1 saturated heterocycles. The van der Waals surface area contributed by atoms with Crippen molar-refractivity contribution in [2.75, 3.05) is 13.1 Å². The molecule has 1 unspecified atom stereocenters. The zero-order valence-corrected chi connectivity index (χ0v) is 15.6. The number of likely N-dealkylation sites (tertiary alicyclic amines) is 1. The molecule has 1 amide bonds. The monoisotopic (exact) mass is 380 g/mol. The van der Waals surface area contributed by atoms with E-state index in [1.54, 1.807) is 6.08 Å². The molecule has 3 heterocycles. The first-order valence-corrected chi connectivity index (χ1v) is 9.44. The van der Waals surface area contributed by atoms with E-state index in [-0.39, 0.29) is 11.9 Å². The van der Waals surface area contributed by atoms with Gasteiger partial charge >= 0.3 is 0 Å². The fourth-order valence-corrected chi connectivity index (χ4v) is 3.72. The second-order valence-corrected chi connectivity index (χ2v) is 7.12. The highest BCUT2D eigenvalue weighted by molar-refractivity contribution is 6.31. The molecule has 1 atom stereocenters.